The molecule has 0 radical (unpaired) electrons. The highest BCUT2D eigenvalue weighted by atomic mass is 32.2. The zero-order chi connectivity index (χ0) is 16.1. The van der Waals surface area contributed by atoms with Gasteiger partial charge in [-0.25, -0.2) is 4.39 Å². The molecular formula is C19H20FNOS. The third kappa shape index (κ3) is 4.35. The van der Waals surface area contributed by atoms with E-state index in [9.17, 15) is 9.18 Å². The Morgan fingerprint density at radius 3 is 2.78 bits per heavy atom. The fourth-order valence-electron chi connectivity index (χ4n) is 2.98. The predicted octanol–water partition coefficient (Wildman–Crippen LogP) is 4.25. The molecule has 0 fully saturated rings. The number of rotatable bonds is 5. The molecule has 2 aromatic carbocycles. The highest BCUT2D eigenvalue weighted by Gasteiger charge is 2.21. The van der Waals surface area contributed by atoms with Gasteiger partial charge in [-0.2, -0.15) is 0 Å². The molecule has 0 spiro atoms. The lowest BCUT2D eigenvalue weighted by molar-refractivity contribution is -0.119. The first-order chi connectivity index (χ1) is 11.2. The van der Waals surface area contributed by atoms with E-state index in [0.717, 1.165) is 30.6 Å². The van der Waals surface area contributed by atoms with Crippen molar-refractivity contribution in [1.29, 1.82) is 0 Å². The molecule has 3 rings (SSSR count). The second-order valence-corrected chi connectivity index (χ2v) is 6.82. The molecule has 0 bridgehead atoms. The van der Waals surface area contributed by atoms with Crippen molar-refractivity contribution in [3.05, 3.63) is 71.0 Å². The van der Waals surface area contributed by atoms with Crippen molar-refractivity contribution in [1.82, 2.24) is 5.32 Å². The fourth-order valence-corrected chi connectivity index (χ4v) is 3.78. The smallest absolute Gasteiger partial charge is 0.230 e. The number of fused-ring (bicyclic) bond motifs is 1. The summed E-state index contributed by atoms with van der Waals surface area (Å²) in [7, 11) is 0. The van der Waals surface area contributed by atoms with Gasteiger partial charge in [-0.1, -0.05) is 36.4 Å². The lowest BCUT2D eigenvalue weighted by atomic mass is 9.88. The number of carbonyl (C=O) groups excluding carboxylic acids is 1. The molecule has 0 aliphatic heterocycles. The molecule has 23 heavy (non-hydrogen) atoms. The molecule has 0 heterocycles. The molecule has 1 aliphatic rings. The first-order valence-corrected chi connectivity index (χ1v) is 9.07. The minimum Gasteiger partial charge on any atom is -0.349 e. The normalized spacial score (nSPS) is 16.7. The van der Waals surface area contributed by atoms with E-state index in [2.05, 4.69) is 23.5 Å². The predicted molar refractivity (Wildman–Crippen MR) is 92.8 cm³/mol. The largest absolute Gasteiger partial charge is 0.349 e. The van der Waals surface area contributed by atoms with Gasteiger partial charge < -0.3 is 5.32 Å². The molecule has 4 heteroatoms. The average molecular weight is 329 g/mol. The molecule has 1 aliphatic carbocycles. The van der Waals surface area contributed by atoms with Crippen LogP contribution >= 0.6 is 11.8 Å². The number of aryl methyl sites for hydroxylation is 1. The number of amides is 1. The summed E-state index contributed by atoms with van der Waals surface area (Å²) in [6.45, 7) is 0. The van der Waals surface area contributed by atoms with Crippen LogP contribution in [0.25, 0.3) is 0 Å². The Hall–Kier alpha value is -1.81. The molecule has 0 unspecified atom stereocenters. The summed E-state index contributed by atoms with van der Waals surface area (Å²) >= 11 is 1.56. The first kappa shape index (κ1) is 16.1. The second kappa shape index (κ2) is 7.64. The van der Waals surface area contributed by atoms with E-state index in [4.69, 9.17) is 0 Å². The molecule has 2 nitrogen and oxygen atoms in total. The molecular weight excluding hydrogens is 309 g/mol. The van der Waals surface area contributed by atoms with Crippen LogP contribution in [0.1, 0.15) is 35.6 Å². The summed E-state index contributed by atoms with van der Waals surface area (Å²) < 4.78 is 12.8. The van der Waals surface area contributed by atoms with Gasteiger partial charge in [0.25, 0.3) is 0 Å². The van der Waals surface area contributed by atoms with E-state index in [0.29, 0.717) is 5.75 Å². The van der Waals surface area contributed by atoms with Crippen LogP contribution in [0.4, 0.5) is 4.39 Å². The monoisotopic (exact) mass is 329 g/mol. The Bertz CT molecular complexity index is 671. The molecule has 1 atom stereocenters. The first-order valence-electron chi connectivity index (χ1n) is 7.92. The topological polar surface area (TPSA) is 29.1 Å². The lowest BCUT2D eigenvalue weighted by Gasteiger charge is -2.26. The Labute approximate surface area is 140 Å². The number of thioether (sulfide) groups is 1. The van der Waals surface area contributed by atoms with Crippen molar-refractivity contribution in [2.75, 3.05) is 5.75 Å². The number of benzene rings is 2. The molecule has 2 aromatic rings. The van der Waals surface area contributed by atoms with E-state index >= 15 is 0 Å². The van der Waals surface area contributed by atoms with Crippen LogP contribution < -0.4 is 5.32 Å². The quantitative estimate of drug-likeness (QED) is 0.888. The highest BCUT2D eigenvalue weighted by Crippen LogP contribution is 2.29. The van der Waals surface area contributed by atoms with Gasteiger partial charge in [-0.05, 0) is 48.1 Å². The van der Waals surface area contributed by atoms with Gasteiger partial charge in [0.1, 0.15) is 5.82 Å². The maximum atomic E-state index is 12.8. The maximum Gasteiger partial charge on any atom is 0.230 e. The van der Waals surface area contributed by atoms with E-state index in [1.807, 2.05) is 6.07 Å². The zero-order valence-electron chi connectivity index (χ0n) is 12.9. The average Bonchev–Trinajstić information content (AvgIpc) is 2.57. The van der Waals surface area contributed by atoms with Gasteiger partial charge in [0.15, 0.2) is 0 Å². The van der Waals surface area contributed by atoms with E-state index in [1.165, 1.54) is 23.3 Å². The highest BCUT2D eigenvalue weighted by molar-refractivity contribution is 7.99. The Morgan fingerprint density at radius 2 is 1.96 bits per heavy atom. The molecule has 0 aromatic heterocycles. The molecule has 0 saturated carbocycles. The van der Waals surface area contributed by atoms with Gasteiger partial charge in [0.2, 0.25) is 5.91 Å². The summed E-state index contributed by atoms with van der Waals surface area (Å²) in [5.41, 5.74) is 3.64. The van der Waals surface area contributed by atoms with Gasteiger partial charge in [-0.15, -0.1) is 11.8 Å². The van der Waals surface area contributed by atoms with Crippen LogP contribution in [0.15, 0.2) is 48.5 Å². The number of nitrogens with one attached hydrogen (secondary N) is 1. The van der Waals surface area contributed by atoms with E-state index in [-0.39, 0.29) is 17.8 Å². The molecule has 1 amide bonds. The Kier molecular flexibility index (Phi) is 5.34. The van der Waals surface area contributed by atoms with Crippen molar-refractivity contribution in [3.8, 4) is 0 Å². The summed E-state index contributed by atoms with van der Waals surface area (Å²) in [6, 6.07) is 14.9. The minimum absolute atomic E-state index is 0.0683. The van der Waals surface area contributed by atoms with Crippen LogP contribution in [0.2, 0.25) is 0 Å². The summed E-state index contributed by atoms with van der Waals surface area (Å²) in [5.74, 6) is 0.983. The minimum atomic E-state index is -0.229. The molecule has 120 valence electrons. The van der Waals surface area contributed by atoms with Gasteiger partial charge in [0.05, 0.1) is 11.8 Å². The number of halogens is 1. The fraction of sp³-hybridized carbons (Fsp3) is 0.316. The van der Waals surface area contributed by atoms with Gasteiger partial charge in [0, 0.05) is 5.75 Å². The van der Waals surface area contributed by atoms with Crippen molar-refractivity contribution in [3.63, 3.8) is 0 Å². The standard InChI is InChI=1S/C19H20FNOS/c20-16-10-8-14(9-11-16)12-23-13-19(22)21-18-7-3-5-15-4-1-2-6-17(15)18/h1-2,4,6,8-11,18H,3,5,7,12-13H2,(H,21,22)/t18-/m0/s1. The summed E-state index contributed by atoms with van der Waals surface area (Å²) in [6.07, 6.45) is 3.22. The van der Waals surface area contributed by atoms with Crippen molar-refractivity contribution < 1.29 is 9.18 Å². The maximum absolute atomic E-state index is 12.8. The van der Waals surface area contributed by atoms with Crippen molar-refractivity contribution in [2.24, 2.45) is 0 Å². The number of carbonyl (C=O) groups is 1. The second-order valence-electron chi connectivity index (χ2n) is 5.83. The van der Waals surface area contributed by atoms with Crippen LogP contribution in [-0.4, -0.2) is 11.7 Å². The van der Waals surface area contributed by atoms with Crippen LogP contribution in [0, 0.1) is 5.82 Å². The molecule has 1 N–H and O–H groups in total. The number of hydrogen-bond donors (Lipinski definition) is 1. The zero-order valence-corrected chi connectivity index (χ0v) is 13.7. The van der Waals surface area contributed by atoms with E-state index in [1.54, 1.807) is 23.9 Å². The SMILES string of the molecule is O=C(CSCc1ccc(F)cc1)N[C@H]1CCCc2ccccc21. The van der Waals surface area contributed by atoms with E-state index < -0.39 is 0 Å². The van der Waals surface area contributed by atoms with Crippen LogP contribution in [-0.2, 0) is 17.0 Å². The third-order valence-corrected chi connectivity index (χ3v) is 5.12. The van der Waals surface area contributed by atoms with Gasteiger partial charge >= 0.3 is 0 Å². The summed E-state index contributed by atoms with van der Waals surface area (Å²) in [5, 5.41) is 3.15. The van der Waals surface area contributed by atoms with Crippen molar-refractivity contribution in [2.45, 2.75) is 31.1 Å². The lowest BCUT2D eigenvalue weighted by Crippen LogP contribution is -2.32. The molecule has 0 saturated heterocycles. The Balaban J connectivity index is 1.49. The van der Waals surface area contributed by atoms with Crippen molar-refractivity contribution >= 4 is 17.7 Å². The Morgan fingerprint density at radius 1 is 1.17 bits per heavy atom. The van der Waals surface area contributed by atoms with Crippen LogP contribution in [0.3, 0.4) is 0 Å². The third-order valence-electron chi connectivity index (χ3n) is 4.12. The van der Waals surface area contributed by atoms with Gasteiger partial charge in [-0.3, -0.25) is 4.79 Å². The number of hydrogen-bond acceptors (Lipinski definition) is 2. The van der Waals surface area contributed by atoms with Crippen LogP contribution in [0.5, 0.6) is 0 Å². The summed E-state index contributed by atoms with van der Waals surface area (Å²) in [4.78, 5) is 12.2.